The van der Waals surface area contributed by atoms with Gasteiger partial charge in [-0.15, -0.1) is 0 Å². The van der Waals surface area contributed by atoms with Crippen LogP contribution in [-0.2, 0) is 11.3 Å². The summed E-state index contributed by atoms with van der Waals surface area (Å²) in [5.74, 6) is 0.442. The van der Waals surface area contributed by atoms with E-state index in [-0.39, 0.29) is 24.6 Å². The second-order valence-electron chi connectivity index (χ2n) is 5.41. The van der Waals surface area contributed by atoms with E-state index >= 15 is 0 Å². The summed E-state index contributed by atoms with van der Waals surface area (Å²) in [4.78, 5) is 15.8. The second-order valence-corrected chi connectivity index (χ2v) is 5.41. The van der Waals surface area contributed by atoms with Crippen molar-refractivity contribution < 1.29 is 29.2 Å². The maximum absolute atomic E-state index is 11.7. The Kier molecular flexibility index (Phi) is 7.19. The predicted molar refractivity (Wildman–Crippen MR) is 92.9 cm³/mol. The first-order valence-corrected chi connectivity index (χ1v) is 7.94. The van der Waals surface area contributed by atoms with Gasteiger partial charge in [0.05, 0.1) is 14.2 Å². The average molecular weight is 362 g/mol. The summed E-state index contributed by atoms with van der Waals surface area (Å²) in [5, 5.41) is 22.8. The fourth-order valence-electron chi connectivity index (χ4n) is 2.22. The number of alkyl carbamates (subject to hydrolysis) is 1. The summed E-state index contributed by atoms with van der Waals surface area (Å²) in [5.41, 5.74) is 1.12. The largest absolute Gasteiger partial charge is 0.481 e. The SMILES string of the molecule is COc1ccc(C(O)C(O)CNC(=O)OCc2ccccc2)c(OC)n1. The van der Waals surface area contributed by atoms with E-state index in [4.69, 9.17) is 14.2 Å². The first-order chi connectivity index (χ1) is 12.5. The summed E-state index contributed by atoms with van der Waals surface area (Å²) >= 11 is 0. The molecule has 2 unspecified atom stereocenters. The Morgan fingerprint density at radius 2 is 1.85 bits per heavy atom. The highest BCUT2D eigenvalue weighted by Crippen LogP contribution is 2.27. The molecule has 8 nitrogen and oxygen atoms in total. The van der Waals surface area contributed by atoms with Crippen molar-refractivity contribution in [2.45, 2.75) is 18.8 Å². The highest BCUT2D eigenvalue weighted by molar-refractivity contribution is 5.67. The normalized spacial score (nSPS) is 12.8. The van der Waals surface area contributed by atoms with Crippen molar-refractivity contribution in [1.29, 1.82) is 0 Å². The van der Waals surface area contributed by atoms with Crippen LogP contribution in [0.3, 0.4) is 0 Å². The zero-order chi connectivity index (χ0) is 18.9. The number of rotatable bonds is 8. The van der Waals surface area contributed by atoms with Gasteiger partial charge in [-0.3, -0.25) is 0 Å². The lowest BCUT2D eigenvalue weighted by atomic mass is 10.1. The van der Waals surface area contributed by atoms with Gasteiger partial charge in [0.2, 0.25) is 11.8 Å². The van der Waals surface area contributed by atoms with E-state index in [9.17, 15) is 15.0 Å². The van der Waals surface area contributed by atoms with Crippen molar-refractivity contribution >= 4 is 6.09 Å². The van der Waals surface area contributed by atoms with E-state index in [1.807, 2.05) is 30.3 Å². The molecule has 1 aromatic carbocycles. The number of benzene rings is 1. The molecule has 140 valence electrons. The van der Waals surface area contributed by atoms with Crippen LogP contribution in [-0.4, -0.2) is 48.2 Å². The van der Waals surface area contributed by atoms with Gasteiger partial charge in [0, 0.05) is 18.2 Å². The highest BCUT2D eigenvalue weighted by atomic mass is 16.5. The lowest BCUT2D eigenvalue weighted by Gasteiger charge is -2.20. The van der Waals surface area contributed by atoms with Crippen molar-refractivity contribution in [2.24, 2.45) is 0 Å². The summed E-state index contributed by atoms with van der Waals surface area (Å²) in [6.07, 6.45) is -3.28. The van der Waals surface area contributed by atoms with E-state index in [1.165, 1.54) is 26.4 Å². The minimum atomic E-state index is -1.31. The molecule has 0 radical (unpaired) electrons. The van der Waals surface area contributed by atoms with Crippen LogP contribution in [0.25, 0.3) is 0 Å². The van der Waals surface area contributed by atoms with Crippen LogP contribution >= 0.6 is 0 Å². The number of methoxy groups -OCH3 is 2. The number of nitrogens with zero attached hydrogens (tertiary/aromatic N) is 1. The number of amides is 1. The Bertz CT molecular complexity index is 710. The number of aromatic nitrogens is 1. The van der Waals surface area contributed by atoms with Crippen LogP contribution in [0.5, 0.6) is 11.8 Å². The summed E-state index contributed by atoms with van der Waals surface area (Å²) < 4.78 is 15.1. The highest BCUT2D eigenvalue weighted by Gasteiger charge is 2.24. The maximum Gasteiger partial charge on any atom is 0.407 e. The van der Waals surface area contributed by atoms with Gasteiger partial charge in [-0.05, 0) is 11.6 Å². The van der Waals surface area contributed by atoms with E-state index in [0.717, 1.165) is 5.56 Å². The number of aliphatic hydroxyl groups excluding tert-OH is 2. The molecule has 2 aromatic rings. The number of carbonyl (C=O) groups is 1. The second kappa shape index (κ2) is 9.59. The van der Waals surface area contributed by atoms with E-state index < -0.39 is 18.3 Å². The molecule has 26 heavy (non-hydrogen) atoms. The summed E-state index contributed by atoms with van der Waals surface area (Å²) in [7, 11) is 2.85. The zero-order valence-electron chi connectivity index (χ0n) is 14.6. The standard InChI is InChI=1S/C18H22N2O6/c1-24-15-9-8-13(17(20-15)25-2)16(22)14(21)10-19-18(23)26-11-12-6-4-3-5-7-12/h3-9,14,16,21-22H,10-11H2,1-2H3,(H,19,23). The van der Waals surface area contributed by atoms with Crippen LogP contribution in [0.15, 0.2) is 42.5 Å². The fraction of sp³-hybridized carbons (Fsp3) is 0.333. The zero-order valence-corrected chi connectivity index (χ0v) is 14.6. The lowest BCUT2D eigenvalue weighted by molar-refractivity contribution is 0.0167. The van der Waals surface area contributed by atoms with Gasteiger partial charge in [0.25, 0.3) is 0 Å². The van der Waals surface area contributed by atoms with E-state index in [0.29, 0.717) is 5.88 Å². The fourth-order valence-corrected chi connectivity index (χ4v) is 2.22. The smallest absolute Gasteiger partial charge is 0.407 e. The summed E-state index contributed by atoms with van der Waals surface area (Å²) in [6, 6.07) is 12.3. The third-order valence-corrected chi connectivity index (χ3v) is 3.62. The molecular weight excluding hydrogens is 340 g/mol. The number of ether oxygens (including phenoxy) is 3. The molecule has 1 heterocycles. The van der Waals surface area contributed by atoms with Crippen molar-refractivity contribution in [3.63, 3.8) is 0 Å². The van der Waals surface area contributed by atoms with Crippen LogP contribution in [0.1, 0.15) is 17.2 Å². The third kappa shape index (κ3) is 5.33. The van der Waals surface area contributed by atoms with E-state index in [1.54, 1.807) is 0 Å². The molecule has 0 aliphatic rings. The predicted octanol–water partition coefficient (Wildman–Crippen LogP) is 1.42. The molecule has 0 bridgehead atoms. The number of carbonyl (C=O) groups excluding carboxylic acids is 1. The van der Waals surface area contributed by atoms with Crippen LogP contribution in [0, 0.1) is 0 Å². The van der Waals surface area contributed by atoms with Crippen LogP contribution in [0.2, 0.25) is 0 Å². The third-order valence-electron chi connectivity index (χ3n) is 3.62. The maximum atomic E-state index is 11.7. The van der Waals surface area contributed by atoms with Gasteiger partial charge in [-0.2, -0.15) is 4.98 Å². The Balaban J connectivity index is 1.86. The number of hydrogen-bond donors (Lipinski definition) is 3. The molecule has 0 fully saturated rings. The minimum absolute atomic E-state index is 0.113. The topological polar surface area (TPSA) is 110 Å². The van der Waals surface area contributed by atoms with Crippen molar-refractivity contribution in [3.05, 3.63) is 53.6 Å². The molecule has 1 amide bonds. The monoisotopic (exact) mass is 362 g/mol. The molecule has 0 aliphatic heterocycles. The quantitative estimate of drug-likeness (QED) is 0.651. The van der Waals surface area contributed by atoms with Gasteiger partial charge in [-0.25, -0.2) is 4.79 Å². The number of nitrogens with one attached hydrogen (secondary N) is 1. The van der Waals surface area contributed by atoms with Crippen molar-refractivity contribution in [2.75, 3.05) is 20.8 Å². The molecule has 8 heteroatoms. The van der Waals surface area contributed by atoms with Crippen LogP contribution < -0.4 is 14.8 Å². The first-order valence-electron chi connectivity index (χ1n) is 7.94. The number of aliphatic hydroxyl groups is 2. The van der Waals surface area contributed by atoms with Crippen molar-refractivity contribution in [1.82, 2.24) is 10.3 Å². The Hall–Kier alpha value is -2.84. The Labute approximate surface area is 151 Å². The lowest BCUT2D eigenvalue weighted by Crippen LogP contribution is -2.36. The van der Waals surface area contributed by atoms with Gasteiger partial charge in [0.15, 0.2) is 0 Å². The first kappa shape index (κ1) is 19.5. The summed E-state index contributed by atoms with van der Waals surface area (Å²) in [6.45, 7) is -0.0917. The molecule has 1 aromatic heterocycles. The molecule has 2 atom stereocenters. The molecule has 2 rings (SSSR count). The van der Waals surface area contributed by atoms with Crippen LogP contribution in [0.4, 0.5) is 4.79 Å². The van der Waals surface area contributed by atoms with Gasteiger partial charge in [0.1, 0.15) is 18.8 Å². The van der Waals surface area contributed by atoms with Gasteiger partial charge < -0.3 is 29.7 Å². The molecular formula is C18H22N2O6. The molecule has 0 aliphatic carbocycles. The molecule has 0 saturated carbocycles. The molecule has 0 saturated heterocycles. The average Bonchev–Trinajstić information content (AvgIpc) is 2.70. The number of hydrogen-bond acceptors (Lipinski definition) is 7. The minimum Gasteiger partial charge on any atom is -0.481 e. The van der Waals surface area contributed by atoms with Gasteiger partial charge in [-0.1, -0.05) is 30.3 Å². The Morgan fingerprint density at radius 1 is 1.12 bits per heavy atom. The van der Waals surface area contributed by atoms with Gasteiger partial charge >= 0.3 is 6.09 Å². The molecule has 0 spiro atoms. The van der Waals surface area contributed by atoms with E-state index in [2.05, 4.69) is 10.3 Å². The Morgan fingerprint density at radius 3 is 2.50 bits per heavy atom. The van der Waals surface area contributed by atoms with Crippen molar-refractivity contribution in [3.8, 4) is 11.8 Å². The molecule has 3 N–H and O–H groups in total. The number of pyridine rings is 1.